The van der Waals surface area contributed by atoms with Crippen LogP contribution < -0.4 is 0 Å². The van der Waals surface area contributed by atoms with Gasteiger partial charge in [-0.2, -0.15) is 0 Å². The van der Waals surface area contributed by atoms with E-state index in [1.54, 1.807) is 19.1 Å². The largest absolute Gasteiger partial charge is 0.387 e. The number of nitrogens with zero attached hydrogens (tertiary/aromatic N) is 1. The number of hydrogen-bond donors (Lipinski definition) is 1. The van der Waals surface area contributed by atoms with Crippen molar-refractivity contribution in [3.8, 4) is 0 Å². The molecule has 1 unspecified atom stereocenters. The predicted molar refractivity (Wildman–Crippen MR) is 44.9 cm³/mol. The van der Waals surface area contributed by atoms with Crippen molar-refractivity contribution >= 4 is 5.78 Å². The average Bonchev–Trinajstić information content (AvgIpc) is 2.04. The maximum Gasteiger partial charge on any atom is 0.159 e. The van der Waals surface area contributed by atoms with Gasteiger partial charge in [-0.3, -0.25) is 9.78 Å². The van der Waals surface area contributed by atoms with Gasteiger partial charge >= 0.3 is 0 Å². The third kappa shape index (κ3) is 1.89. The van der Waals surface area contributed by atoms with Gasteiger partial charge in [-0.1, -0.05) is 0 Å². The van der Waals surface area contributed by atoms with Crippen molar-refractivity contribution in [2.45, 2.75) is 20.0 Å². The zero-order valence-electron chi connectivity index (χ0n) is 7.11. The fourth-order valence-corrected chi connectivity index (χ4v) is 0.896. The highest BCUT2D eigenvalue weighted by Crippen LogP contribution is 2.10. The molecular formula is C9H11NO2. The van der Waals surface area contributed by atoms with Gasteiger partial charge < -0.3 is 5.11 Å². The summed E-state index contributed by atoms with van der Waals surface area (Å²) in [5.74, 6) is -0.0145. The first-order valence-corrected chi connectivity index (χ1v) is 3.76. The molecule has 0 radical (unpaired) electrons. The number of Topliss-reactive ketones (excluding diaryl/α,β-unsaturated/α-hetero) is 1. The summed E-state index contributed by atoms with van der Waals surface area (Å²) < 4.78 is 0. The second kappa shape index (κ2) is 3.45. The molecule has 0 fully saturated rings. The van der Waals surface area contributed by atoms with E-state index in [2.05, 4.69) is 4.98 Å². The lowest BCUT2D eigenvalue weighted by Crippen LogP contribution is -1.99. The van der Waals surface area contributed by atoms with Gasteiger partial charge in [-0.15, -0.1) is 0 Å². The van der Waals surface area contributed by atoms with Crippen LogP contribution in [0, 0.1) is 0 Å². The van der Waals surface area contributed by atoms with Crippen LogP contribution in [0.4, 0.5) is 0 Å². The summed E-state index contributed by atoms with van der Waals surface area (Å²) in [5.41, 5.74) is 1.11. The first-order chi connectivity index (χ1) is 5.61. The van der Waals surface area contributed by atoms with E-state index in [4.69, 9.17) is 5.11 Å². The van der Waals surface area contributed by atoms with E-state index in [1.807, 2.05) is 0 Å². The molecule has 0 amide bonds. The van der Waals surface area contributed by atoms with Crippen LogP contribution >= 0.6 is 0 Å². The minimum Gasteiger partial charge on any atom is -0.387 e. The van der Waals surface area contributed by atoms with Crippen LogP contribution in [0.25, 0.3) is 0 Å². The van der Waals surface area contributed by atoms with Crippen molar-refractivity contribution in [3.63, 3.8) is 0 Å². The van der Waals surface area contributed by atoms with Crippen molar-refractivity contribution in [1.82, 2.24) is 4.98 Å². The van der Waals surface area contributed by atoms with Gasteiger partial charge in [-0.05, 0) is 26.0 Å². The Labute approximate surface area is 71.1 Å². The van der Waals surface area contributed by atoms with Crippen LogP contribution in [0.5, 0.6) is 0 Å². The van der Waals surface area contributed by atoms with Gasteiger partial charge in [0.05, 0.1) is 11.8 Å². The number of ketones is 1. The Kier molecular flexibility index (Phi) is 2.55. The van der Waals surface area contributed by atoms with Crippen LogP contribution in [0.15, 0.2) is 18.3 Å². The van der Waals surface area contributed by atoms with Crippen LogP contribution in [0.3, 0.4) is 0 Å². The number of rotatable bonds is 2. The van der Waals surface area contributed by atoms with Crippen molar-refractivity contribution in [2.24, 2.45) is 0 Å². The first-order valence-electron chi connectivity index (χ1n) is 3.76. The van der Waals surface area contributed by atoms with Gasteiger partial charge in [0, 0.05) is 11.8 Å². The van der Waals surface area contributed by atoms with E-state index in [1.165, 1.54) is 13.1 Å². The molecule has 3 heteroatoms. The number of aromatic nitrogens is 1. The molecule has 0 aliphatic carbocycles. The summed E-state index contributed by atoms with van der Waals surface area (Å²) in [6.45, 7) is 3.10. The van der Waals surface area contributed by atoms with Crippen LogP contribution in [0.1, 0.15) is 36.0 Å². The highest BCUT2D eigenvalue weighted by molar-refractivity contribution is 5.93. The molecule has 0 bridgehead atoms. The molecule has 0 aliphatic heterocycles. The van der Waals surface area contributed by atoms with Gasteiger partial charge in [0.2, 0.25) is 0 Å². The Morgan fingerprint density at radius 1 is 1.67 bits per heavy atom. The smallest absolute Gasteiger partial charge is 0.159 e. The van der Waals surface area contributed by atoms with Crippen molar-refractivity contribution in [3.05, 3.63) is 29.6 Å². The van der Waals surface area contributed by atoms with Gasteiger partial charge in [0.25, 0.3) is 0 Å². The standard InChI is InChI=1S/C9H11NO2/c1-6(11)8-3-4-10-9(5-8)7(2)12/h3-5,7,12H,1-2H3. The van der Waals surface area contributed by atoms with Crippen molar-refractivity contribution in [1.29, 1.82) is 0 Å². The normalized spacial score (nSPS) is 12.6. The van der Waals surface area contributed by atoms with E-state index in [0.29, 0.717) is 11.3 Å². The highest BCUT2D eigenvalue weighted by Gasteiger charge is 2.04. The maximum atomic E-state index is 10.9. The summed E-state index contributed by atoms with van der Waals surface area (Å²) in [6.07, 6.45) is 0.906. The molecule has 0 saturated heterocycles. The van der Waals surface area contributed by atoms with Gasteiger partial charge in [0.15, 0.2) is 5.78 Å². The van der Waals surface area contributed by atoms with Crippen molar-refractivity contribution in [2.75, 3.05) is 0 Å². The SMILES string of the molecule is CC(=O)c1ccnc(C(C)O)c1. The quantitative estimate of drug-likeness (QED) is 0.673. The van der Waals surface area contributed by atoms with Crippen LogP contribution in [0.2, 0.25) is 0 Å². The molecule has 64 valence electrons. The third-order valence-corrected chi connectivity index (χ3v) is 1.62. The Balaban J connectivity index is 3.04. The van der Waals surface area contributed by atoms with E-state index in [0.717, 1.165) is 0 Å². The summed E-state index contributed by atoms with van der Waals surface area (Å²) in [4.78, 5) is 14.8. The topological polar surface area (TPSA) is 50.2 Å². The lowest BCUT2D eigenvalue weighted by atomic mass is 10.1. The van der Waals surface area contributed by atoms with E-state index in [-0.39, 0.29) is 5.78 Å². The van der Waals surface area contributed by atoms with Gasteiger partial charge in [0.1, 0.15) is 0 Å². The van der Waals surface area contributed by atoms with E-state index >= 15 is 0 Å². The molecule has 0 aliphatic rings. The minimum absolute atomic E-state index is 0.0145. The molecule has 0 spiro atoms. The van der Waals surface area contributed by atoms with Crippen LogP contribution in [-0.4, -0.2) is 15.9 Å². The molecule has 0 saturated carbocycles. The molecule has 0 aromatic carbocycles. The molecule has 1 rings (SSSR count). The van der Waals surface area contributed by atoms with E-state index < -0.39 is 6.10 Å². The number of hydrogen-bond acceptors (Lipinski definition) is 3. The summed E-state index contributed by atoms with van der Waals surface area (Å²) in [6, 6.07) is 3.24. The number of aliphatic hydroxyl groups excluding tert-OH is 1. The fourth-order valence-electron chi connectivity index (χ4n) is 0.896. The Morgan fingerprint density at radius 2 is 2.33 bits per heavy atom. The summed E-state index contributed by atoms with van der Waals surface area (Å²) in [5, 5.41) is 9.16. The van der Waals surface area contributed by atoms with Crippen LogP contribution in [-0.2, 0) is 0 Å². The predicted octanol–water partition coefficient (Wildman–Crippen LogP) is 1.34. The monoisotopic (exact) mass is 165 g/mol. The number of aliphatic hydroxyl groups is 1. The lowest BCUT2D eigenvalue weighted by Gasteiger charge is -2.03. The molecule has 12 heavy (non-hydrogen) atoms. The molecule has 1 atom stereocenters. The second-order valence-corrected chi connectivity index (χ2v) is 2.70. The Bertz CT molecular complexity index is 294. The molecular weight excluding hydrogens is 154 g/mol. The third-order valence-electron chi connectivity index (χ3n) is 1.62. The fraction of sp³-hybridized carbons (Fsp3) is 0.333. The minimum atomic E-state index is -0.621. The highest BCUT2D eigenvalue weighted by atomic mass is 16.3. The second-order valence-electron chi connectivity index (χ2n) is 2.70. The van der Waals surface area contributed by atoms with Crippen molar-refractivity contribution < 1.29 is 9.90 Å². The average molecular weight is 165 g/mol. The zero-order chi connectivity index (χ0) is 9.14. The molecule has 1 heterocycles. The molecule has 1 aromatic heterocycles. The number of carbonyl (C=O) groups is 1. The lowest BCUT2D eigenvalue weighted by molar-refractivity contribution is 0.101. The molecule has 1 aromatic rings. The maximum absolute atomic E-state index is 10.9. The Morgan fingerprint density at radius 3 is 2.83 bits per heavy atom. The summed E-state index contributed by atoms with van der Waals surface area (Å²) in [7, 11) is 0. The Hall–Kier alpha value is -1.22. The summed E-state index contributed by atoms with van der Waals surface area (Å²) >= 11 is 0. The number of pyridine rings is 1. The molecule has 1 N–H and O–H groups in total. The zero-order valence-corrected chi connectivity index (χ0v) is 7.11. The number of carbonyl (C=O) groups excluding carboxylic acids is 1. The molecule has 3 nitrogen and oxygen atoms in total. The first kappa shape index (κ1) is 8.87. The van der Waals surface area contributed by atoms with E-state index in [9.17, 15) is 4.79 Å². The van der Waals surface area contributed by atoms with Gasteiger partial charge in [-0.25, -0.2) is 0 Å².